The van der Waals surface area contributed by atoms with Gasteiger partial charge in [-0.05, 0) is 61.9 Å². The molecule has 2 aliphatic heterocycles. The van der Waals surface area contributed by atoms with E-state index in [4.69, 9.17) is 9.47 Å². The molecule has 248 valence electrons. The summed E-state index contributed by atoms with van der Waals surface area (Å²) in [5.41, 5.74) is -0.640. The van der Waals surface area contributed by atoms with Gasteiger partial charge in [0.1, 0.15) is 11.4 Å². The fourth-order valence-corrected chi connectivity index (χ4v) is 7.10. The van der Waals surface area contributed by atoms with E-state index in [2.05, 4.69) is 11.9 Å². The van der Waals surface area contributed by atoms with E-state index in [9.17, 15) is 19.5 Å². The number of methoxy groups -OCH3 is 1. The predicted octanol–water partition coefficient (Wildman–Crippen LogP) is 5.49. The van der Waals surface area contributed by atoms with Crippen molar-refractivity contribution in [1.82, 2.24) is 4.90 Å². The first-order valence-electron chi connectivity index (χ1n) is 15.8. The van der Waals surface area contributed by atoms with Crippen LogP contribution in [0.4, 0.5) is 15.8 Å². The average Bonchev–Trinajstić information content (AvgIpc) is 3.47. The molecule has 0 bridgehead atoms. The first-order valence-corrected chi connectivity index (χ1v) is 15.8. The van der Waals surface area contributed by atoms with Gasteiger partial charge in [0.15, 0.2) is 5.60 Å². The minimum atomic E-state index is -1.82. The number of aliphatic hydroxyl groups excluding tert-OH is 1. The molecule has 10 heteroatoms. The van der Waals surface area contributed by atoms with Crippen molar-refractivity contribution < 1.29 is 33.4 Å². The molecule has 3 amide bonds. The SMILES string of the molecule is C=CCN1C(=O)[C@]2(O[C@H](CC(=O)N(CCO)Cc3ccccc3)[C@@H](C(C)(C)F)[C@@H]2C)c2cc(NC(=O)c3ccc(OC)cc3)ccc21. The highest BCUT2D eigenvalue weighted by atomic mass is 19.1. The van der Waals surface area contributed by atoms with Gasteiger partial charge in [-0.1, -0.05) is 43.3 Å². The van der Waals surface area contributed by atoms with Crippen molar-refractivity contribution in [2.45, 2.75) is 51.1 Å². The smallest absolute Gasteiger partial charge is 0.264 e. The molecule has 2 N–H and O–H groups in total. The second-order valence-electron chi connectivity index (χ2n) is 12.6. The molecule has 1 saturated heterocycles. The van der Waals surface area contributed by atoms with Crippen LogP contribution in [0.1, 0.15) is 48.7 Å². The number of hydrogen-bond donors (Lipinski definition) is 2. The Morgan fingerprint density at radius 2 is 1.85 bits per heavy atom. The molecular formula is C37H42FN3O6. The monoisotopic (exact) mass is 643 g/mol. The highest BCUT2D eigenvalue weighted by Gasteiger charge is 2.66. The summed E-state index contributed by atoms with van der Waals surface area (Å²) in [5, 5.41) is 12.6. The Bertz CT molecular complexity index is 1620. The number of anilines is 2. The van der Waals surface area contributed by atoms with Crippen molar-refractivity contribution in [3.8, 4) is 5.75 Å². The third-order valence-electron chi connectivity index (χ3n) is 9.20. The lowest BCUT2D eigenvalue weighted by molar-refractivity contribution is -0.150. The topological polar surface area (TPSA) is 108 Å². The lowest BCUT2D eigenvalue weighted by Crippen LogP contribution is -2.45. The van der Waals surface area contributed by atoms with Gasteiger partial charge in [0.25, 0.3) is 11.8 Å². The molecule has 1 spiro atoms. The molecule has 5 rings (SSSR count). The highest BCUT2D eigenvalue weighted by Crippen LogP contribution is 2.58. The fourth-order valence-electron chi connectivity index (χ4n) is 7.10. The Labute approximate surface area is 275 Å². The van der Waals surface area contributed by atoms with E-state index in [-0.39, 0.29) is 50.4 Å². The minimum Gasteiger partial charge on any atom is -0.497 e. The third kappa shape index (κ3) is 6.53. The molecule has 9 nitrogen and oxygen atoms in total. The summed E-state index contributed by atoms with van der Waals surface area (Å²) in [6, 6.07) is 21.2. The number of hydrogen-bond acceptors (Lipinski definition) is 6. The molecule has 0 saturated carbocycles. The Hall–Kier alpha value is -4.54. The molecule has 47 heavy (non-hydrogen) atoms. The normalized spacial score (nSPS) is 21.9. The summed E-state index contributed by atoms with van der Waals surface area (Å²) in [6.45, 7) is 8.80. The first kappa shape index (κ1) is 33.8. The number of fused-ring (bicyclic) bond motifs is 2. The van der Waals surface area contributed by atoms with Crippen molar-refractivity contribution in [1.29, 1.82) is 0 Å². The number of amides is 3. The predicted molar refractivity (Wildman–Crippen MR) is 178 cm³/mol. The summed E-state index contributed by atoms with van der Waals surface area (Å²) < 4.78 is 28.0. The van der Waals surface area contributed by atoms with Crippen LogP contribution in [-0.4, -0.2) is 66.3 Å². The van der Waals surface area contributed by atoms with Crippen LogP contribution in [0.15, 0.2) is 85.5 Å². The van der Waals surface area contributed by atoms with Gasteiger partial charge in [-0.2, -0.15) is 0 Å². The van der Waals surface area contributed by atoms with Gasteiger partial charge in [-0.3, -0.25) is 14.4 Å². The minimum absolute atomic E-state index is 0.0942. The van der Waals surface area contributed by atoms with Crippen LogP contribution in [0.5, 0.6) is 5.75 Å². The maximum atomic E-state index is 16.2. The molecule has 3 aromatic rings. The van der Waals surface area contributed by atoms with Crippen LogP contribution in [-0.2, 0) is 26.5 Å². The van der Waals surface area contributed by atoms with Gasteiger partial charge in [-0.25, -0.2) is 4.39 Å². The van der Waals surface area contributed by atoms with Gasteiger partial charge in [0.2, 0.25) is 5.91 Å². The van der Waals surface area contributed by atoms with Gasteiger partial charge < -0.3 is 29.7 Å². The molecule has 3 aromatic carbocycles. The highest BCUT2D eigenvalue weighted by molar-refractivity contribution is 6.09. The molecule has 0 radical (unpaired) electrons. The average molecular weight is 644 g/mol. The van der Waals surface area contributed by atoms with E-state index in [1.54, 1.807) is 67.5 Å². The zero-order chi connectivity index (χ0) is 33.9. The van der Waals surface area contributed by atoms with Crippen LogP contribution >= 0.6 is 0 Å². The zero-order valence-corrected chi connectivity index (χ0v) is 27.2. The number of halogens is 1. The van der Waals surface area contributed by atoms with Crippen LogP contribution in [0, 0.1) is 11.8 Å². The molecule has 2 heterocycles. The quantitative estimate of drug-likeness (QED) is 0.253. The van der Waals surface area contributed by atoms with E-state index in [0.717, 1.165) is 5.56 Å². The van der Waals surface area contributed by atoms with Crippen LogP contribution in [0.3, 0.4) is 0 Å². The number of carbonyl (C=O) groups is 3. The second kappa shape index (κ2) is 13.7. The van der Waals surface area contributed by atoms with Crippen LogP contribution in [0.25, 0.3) is 0 Å². The van der Waals surface area contributed by atoms with E-state index in [1.807, 2.05) is 30.3 Å². The molecule has 1 fully saturated rings. The standard InChI is InChI=1S/C37H42FN3O6/c1-6-18-41-30-17-14-27(39-34(44)26-12-15-28(46-5)16-13-26)21-29(30)37(35(41)45)24(2)33(36(3,4)38)31(47-37)22-32(43)40(19-20-42)23-25-10-8-7-9-11-25/h6-17,21,24,31,33,42H,1,18-20,22-23H2,2-5H3,(H,39,44)/t24-,31+,33-,37+/m0/s1. The van der Waals surface area contributed by atoms with Crippen molar-refractivity contribution in [2.75, 3.05) is 37.0 Å². The van der Waals surface area contributed by atoms with E-state index < -0.39 is 29.2 Å². The van der Waals surface area contributed by atoms with Crippen LogP contribution in [0.2, 0.25) is 0 Å². The van der Waals surface area contributed by atoms with Crippen molar-refractivity contribution in [3.63, 3.8) is 0 Å². The van der Waals surface area contributed by atoms with Crippen LogP contribution < -0.4 is 15.0 Å². The lowest BCUT2D eigenvalue weighted by Gasteiger charge is -2.32. The van der Waals surface area contributed by atoms with Crippen molar-refractivity contribution >= 4 is 29.1 Å². The molecule has 0 unspecified atom stereocenters. The summed E-state index contributed by atoms with van der Waals surface area (Å²) >= 11 is 0. The third-order valence-corrected chi connectivity index (χ3v) is 9.20. The van der Waals surface area contributed by atoms with Crippen molar-refractivity contribution in [3.05, 3.63) is 102 Å². The summed E-state index contributed by atoms with van der Waals surface area (Å²) in [4.78, 5) is 44.4. The van der Waals surface area contributed by atoms with E-state index in [1.165, 1.54) is 18.7 Å². The Balaban J connectivity index is 1.50. The first-order chi connectivity index (χ1) is 22.4. The number of nitrogens with one attached hydrogen (secondary N) is 1. The van der Waals surface area contributed by atoms with Crippen molar-refractivity contribution in [2.24, 2.45) is 11.8 Å². The fraction of sp³-hybridized carbons (Fsp3) is 0.378. The Morgan fingerprint density at radius 3 is 2.47 bits per heavy atom. The number of nitrogens with zero attached hydrogens (tertiary/aromatic N) is 2. The van der Waals surface area contributed by atoms with Gasteiger partial charge in [0, 0.05) is 48.3 Å². The number of alkyl halides is 1. The Morgan fingerprint density at radius 1 is 1.15 bits per heavy atom. The summed E-state index contributed by atoms with van der Waals surface area (Å²) in [7, 11) is 1.55. The maximum absolute atomic E-state index is 16.2. The number of benzene rings is 3. The van der Waals surface area contributed by atoms with Gasteiger partial charge in [-0.15, -0.1) is 6.58 Å². The van der Waals surface area contributed by atoms with E-state index >= 15 is 4.39 Å². The molecule has 4 atom stereocenters. The number of rotatable bonds is 12. The summed E-state index contributed by atoms with van der Waals surface area (Å²) in [5.74, 6) is -1.96. The number of carbonyl (C=O) groups excluding carboxylic acids is 3. The maximum Gasteiger partial charge on any atom is 0.264 e. The van der Waals surface area contributed by atoms with Gasteiger partial charge >= 0.3 is 0 Å². The molecule has 0 aromatic heterocycles. The summed E-state index contributed by atoms with van der Waals surface area (Å²) in [6.07, 6.45) is 0.468. The van der Waals surface area contributed by atoms with E-state index in [0.29, 0.717) is 28.3 Å². The lowest BCUT2D eigenvalue weighted by atomic mass is 9.71. The second-order valence-corrected chi connectivity index (χ2v) is 12.6. The van der Waals surface area contributed by atoms with Gasteiger partial charge in [0.05, 0.1) is 31.9 Å². The zero-order valence-electron chi connectivity index (χ0n) is 27.2. The largest absolute Gasteiger partial charge is 0.497 e. The molecule has 0 aliphatic carbocycles. The molecule has 2 aliphatic rings. The molecular weight excluding hydrogens is 601 g/mol. The number of ether oxygens (including phenoxy) is 2. The Kier molecular flexibility index (Phi) is 9.84. The number of aliphatic hydroxyl groups is 1.